The monoisotopic (exact) mass is 473 g/mol. The molecule has 1 aromatic heterocycles. The summed E-state index contributed by atoms with van der Waals surface area (Å²) in [7, 11) is 0. The van der Waals surface area contributed by atoms with Gasteiger partial charge in [-0.1, -0.05) is 61.8 Å². The van der Waals surface area contributed by atoms with E-state index in [2.05, 4.69) is 41.4 Å². The number of urea groups is 1. The summed E-state index contributed by atoms with van der Waals surface area (Å²) in [5.41, 5.74) is 11.7. The number of fused-ring (bicyclic) bond motifs is 1. The van der Waals surface area contributed by atoms with Gasteiger partial charge in [-0.2, -0.15) is 5.10 Å². The number of anilines is 2. The van der Waals surface area contributed by atoms with Crippen LogP contribution in [0.25, 0.3) is 26.9 Å². The van der Waals surface area contributed by atoms with Gasteiger partial charge in [0.25, 0.3) is 0 Å². The average Bonchev–Trinajstić information content (AvgIpc) is 3.23. The number of benzene rings is 3. The standard InChI is InChI=1S/C25H24ClN7O/c1-25(2,3)22-14-23(30-24(34)29-19-10-8-18(26)9-11-19)33(31-22)20-12-16-6-4-5-7-21(16)17(13-20)15-28-32-27/h4-14H,15H2,1-3H3,(H2,29,30,34). The number of hydrogen-bond acceptors (Lipinski definition) is 3. The van der Waals surface area contributed by atoms with E-state index in [1.165, 1.54) is 0 Å². The molecule has 0 aliphatic heterocycles. The highest BCUT2D eigenvalue weighted by Crippen LogP contribution is 2.30. The lowest BCUT2D eigenvalue weighted by atomic mass is 9.92. The summed E-state index contributed by atoms with van der Waals surface area (Å²) in [4.78, 5) is 15.7. The van der Waals surface area contributed by atoms with Gasteiger partial charge in [0.2, 0.25) is 0 Å². The second-order valence-corrected chi connectivity index (χ2v) is 9.31. The van der Waals surface area contributed by atoms with Crippen molar-refractivity contribution in [3.05, 3.63) is 93.5 Å². The molecule has 0 saturated carbocycles. The smallest absolute Gasteiger partial charge is 0.308 e. The molecule has 0 spiro atoms. The second-order valence-electron chi connectivity index (χ2n) is 8.88. The van der Waals surface area contributed by atoms with Gasteiger partial charge >= 0.3 is 6.03 Å². The van der Waals surface area contributed by atoms with Crippen LogP contribution in [-0.2, 0) is 12.0 Å². The van der Waals surface area contributed by atoms with Crippen molar-refractivity contribution in [1.82, 2.24) is 9.78 Å². The first-order valence-electron chi connectivity index (χ1n) is 10.7. The number of nitrogens with zero attached hydrogens (tertiary/aromatic N) is 5. The molecule has 0 radical (unpaired) electrons. The minimum absolute atomic E-state index is 0.206. The predicted molar refractivity (Wildman–Crippen MR) is 137 cm³/mol. The molecule has 0 unspecified atom stereocenters. The Morgan fingerprint density at radius 1 is 1.09 bits per heavy atom. The number of aromatic nitrogens is 2. The fraction of sp³-hybridized carbons (Fsp3) is 0.200. The lowest BCUT2D eigenvalue weighted by Crippen LogP contribution is -2.21. The Bertz CT molecular complexity index is 1400. The van der Waals surface area contributed by atoms with Crippen LogP contribution in [0.5, 0.6) is 0 Å². The van der Waals surface area contributed by atoms with Gasteiger partial charge in [0.1, 0.15) is 5.82 Å². The number of carbonyl (C=O) groups excluding carboxylic acids is 1. The van der Waals surface area contributed by atoms with Gasteiger partial charge in [-0.15, -0.1) is 0 Å². The first-order chi connectivity index (χ1) is 16.2. The SMILES string of the molecule is CC(C)(C)c1cc(NC(=O)Nc2ccc(Cl)cc2)n(-c2cc(CN=[N+]=[N-])c3ccccc3c2)n1. The van der Waals surface area contributed by atoms with Crippen molar-refractivity contribution in [2.45, 2.75) is 32.7 Å². The molecule has 2 N–H and O–H groups in total. The van der Waals surface area contributed by atoms with Crippen LogP contribution in [-0.4, -0.2) is 15.8 Å². The van der Waals surface area contributed by atoms with Gasteiger partial charge in [0, 0.05) is 27.1 Å². The average molecular weight is 474 g/mol. The van der Waals surface area contributed by atoms with Crippen molar-refractivity contribution in [3.8, 4) is 5.69 Å². The van der Waals surface area contributed by atoms with Crippen LogP contribution in [0, 0.1) is 0 Å². The Morgan fingerprint density at radius 2 is 1.82 bits per heavy atom. The molecule has 4 aromatic rings. The Morgan fingerprint density at radius 3 is 2.53 bits per heavy atom. The highest BCUT2D eigenvalue weighted by molar-refractivity contribution is 6.30. The highest BCUT2D eigenvalue weighted by atomic mass is 35.5. The molecule has 9 heteroatoms. The number of hydrogen-bond donors (Lipinski definition) is 2. The lowest BCUT2D eigenvalue weighted by Gasteiger charge is -2.14. The van der Waals surface area contributed by atoms with Crippen LogP contribution in [0.1, 0.15) is 32.0 Å². The Labute approximate surface area is 202 Å². The second kappa shape index (κ2) is 9.47. The van der Waals surface area contributed by atoms with E-state index in [9.17, 15) is 4.79 Å². The maximum Gasteiger partial charge on any atom is 0.324 e. The molecular formula is C25H24ClN7O. The van der Waals surface area contributed by atoms with E-state index in [-0.39, 0.29) is 12.0 Å². The van der Waals surface area contributed by atoms with Crippen LogP contribution >= 0.6 is 11.6 Å². The van der Waals surface area contributed by atoms with E-state index in [0.717, 1.165) is 27.7 Å². The zero-order chi connectivity index (χ0) is 24.3. The van der Waals surface area contributed by atoms with Crippen molar-refractivity contribution in [2.75, 3.05) is 10.6 Å². The summed E-state index contributed by atoms with van der Waals surface area (Å²) in [5.74, 6) is 0.515. The van der Waals surface area contributed by atoms with Gasteiger partial charge in [-0.05, 0) is 58.3 Å². The lowest BCUT2D eigenvalue weighted by molar-refractivity contribution is 0.262. The van der Waals surface area contributed by atoms with Crippen LogP contribution < -0.4 is 10.6 Å². The summed E-state index contributed by atoms with van der Waals surface area (Å²) >= 11 is 5.93. The number of carbonyl (C=O) groups is 1. The van der Waals surface area contributed by atoms with Crippen molar-refractivity contribution in [3.63, 3.8) is 0 Å². The summed E-state index contributed by atoms with van der Waals surface area (Å²) in [5, 5.41) is 16.8. The first kappa shape index (κ1) is 23.2. The Hall–Kier alpha value is -4.00. The third-order valence-electron chi connectivity index (χ3n) is 5.30. The molecule has 8 nitrogen and oxygen atoms in total. The third-order valence-corrected chi connectivity index (χ3v) is 5.55. The van der Waals surface area contributed by atoms with Crippen LogP contribution in [0.3, 0.4) is 0 Å². The first-order valence-corrected chi connectivity index (χ1v) is 11.1. The fourth-order valence-corrected chi connectivity index (χ4v) is 3.70. The Balaban J connectivity index is 1.76. The summed E-state index contributed by atoms with van der Waals surface area (Å²) in [6.07, 6.45) is 0. The van der Waals surface area contributed by atoms with Gasteiger partial charge in [-0.25, -0.2) is 9.48 Å². The quantitative estimate of drug-likeness (QED) is 0.178. The molecule has 0 bridgehead atoms. The zero-order valence-electron chi connectivity index (χ0n) is 19.1. The predicted octanol–water partition coefficient (Wildman–Crippen LogP) is 7.43. The van der Waals surface area contributed by atoms with E-state index in [0.29, 0.717) is 16.5 Å². The molecule has 0 saturated heterocycles. The normalized spacial score (nSPS) is 11.2. The van der Waals surface area contributed by atoms with Crippen molar-refractivity contribution < 1.29 is 4.79 Å². The summed E-state index contributed by atoms with van der Waals surface area (Å²) < 4.78 is 1.70. The van der Waals surface area contributed by atoms with Crippen LogP contribution in [0.4, 0.5) is 16.3 Å². The molecular weight excluding hydrogens is 450 g/mol. The minimum Gasteiger partial charge on any atom is -0.308 e. The molecule has 4 rings (SSSR count). The van der Waals surface area contributed by atoms with Crippen molar-refractivity contribution in [2.24, 2.45) is 5.11 Å². The molecule has 34 heavy (non-hydrogen) atoms. The minimum atomic E-state index is -0.404. The molecule has 0 fully saturated rings. The summed E-state index contributed by atoms with van der Waals surface area (Å²) in [6.45, 7) is 6.39. The molecule has 2 amide bonds. The largest absolute Gasteiger partial charge is 0.324 e. The maximum atomic E-state index is 12.8. The number of rotatable bonds is 5. The molecule has 0 aliphatic rings. The highest BCUT2D eigenvalue weighted by Gasteiger charge is 2.22. The van der Waals surface area contributed by atoms with Crippen LogP contribution in [0.2, 0.25) is 5.02 Å². The third kappa shape index (κ3) is 5.14. The van der Waals surface area contributed by atoms with Crippen molar-refractivity contribution in [1.29, 1.82) is 0 Å². The van der Waals surface area contributed by atoms with E-state index >= 15 is 0 Å². The molecule has 0 aliphatic carbocycles. The molecule has 172 valence electrons. The van der Waals surface area contributed by atoms with Gasteiger partial charge in [-0.3, -0.25) is 5.32 Å². The Kier molecular flexibility index (Phi) is 6.45. The van der Waals surface area contributed by atoms with Gasteiger partial charge in [0.15, 0.2) is 0 Å². The summed E-state index contributed by atoms with van der Waals surface area (Å²) in [6, 6.07) is 20.1. The van der Waals surface area contributed by atoms with E-state index < -0.39 is 6.03 Å². The molecule has 1 heterocycles. The van der Waals surface area contributed by atoms with E-state index in [4.69, 9.17) is 22.2 Å². The number of nitrogens with one attached hydrogen (secondary N) is 2. The number of halogens is 1. The topological polar surface area (TPSA) is 108 Å². The van der Waals surface area contributed by atoms with Crippen LogP contribution in [0.15, 0.2) is 71.8 Å². The molecule has 0 atom stereocenters. The number of amides is 2. The fourth-order valence-electron chi connectivity index (χ4n) is 3.58. The van der Waals surface area contributed by atoms with Crippen molar-refractivity contribution >= 4 is 39.9 Å². The molecule has 3 aromatic carbocycles. The van der Waals surface area contributed by atoms with Gasteiger partial charge < -0.3 is 5.32 Å². The zero-order valence-corrected chi connectivity index (χ0v) is 19.8. The van der Waals surface area contributed by atoms with E-state index in [1.54, 1.807) is 28.9 Å². The van der Waals surface area contributed by atoms with E-state index in [1.807, 2.05) is 42.5 Å². The number of azide groups is 1. The van der Waals surface area contributed by atoms with Gasteiger partial charge in [0.05, 0.1) is 17.9 Å². The maximum absolute atomic E-state index is 12.8.